The average molecular weight is 521 g/mol. The van der Waals surface area contributed by atoms with Gasteiger partial charge in [-0.2, -0.15) is 5.10 Å². The number of amides is 3. The van der Waals surface area contributed by atoms with Crippen LogP contribution in [0.1, 0.15) is 31.8 Å². The van der Waals surface area contributed by atoms with E-state index in [0.29, 0.717) is 22.6 Å². The van der Waals surface area contributed by atoms with Crippen molar-refractivity contribution in [1.29, 1.82) is 0 Å². The Hall–Kier alpha value is -5.57. The Morgan fingerprint density at radius 3 is 2.10 bits per heavy atom. The molecule has 0 unspecified atom stereocenters. The number of nitrogens with one attached hydrogen (secondary N) is 3. The standard InChI is InChI=1S/C30H24N4O5/c1-20-11-15-23(16-12-20)32-27(35)25-9-5-6-10-26(25)33-28(36)29(37)34-31-19-21-13-17-24(18-14-21)39-30(38)22-7-3-2-4-8-22/h2-19H,1H3,(H,32,35)(H,33,36)(H,34,37)/b31-19+. The number of esters is 1. The molecule has 4 rings (SSSR count). The lowest BCUT2D eigenvalue weighted by molar-refractivity contribution is -0.136. The molecule has 0 atom stereocenters. The first-order valence-corrected chi connectivity index (χ1v) is 11.9. The van der Waals surface area contributed by atoms with Crippen LogP contribution in [-0.2, 0) is 9.59 Å². The molecule has 0 heterocycles. The minimum Gasteiger partial charge on any atom is -0.423 e. The molecule has 3 N–H and O–H groups in total. The Morgan fingerprint density at radius 2 is 1.38 bits per heavy atom. The number of benzene rings is 4. The minimum absolute atomic E-state index is 0.173. The molecular weight excluding hydrogens is 496 g/mol. The Bertz CT molecular complexity index is 1520. The van der Waals surface area contributed by atoms with Gasteiger partial charge in [0, 0.05) is 5.69 Å². The number of rotatable bonds is 7. The average Bonchev–Trinajstić information content (AvgIpc) is 2.95. The molecule has 9 nitrogen and oxygen atoms in total. The fraction of sp³-hybridized carbons (Fsp3) is 0.0333. The second-order valence-electron chi connectivity index (χ2n) is 8.34. The van der Waals surface area contributed by atoms with Gasteiger partial charge in [0.2, 0.25) is 0 Å². The summed E-state index contributed by atoms with van der Waals surface area (Å²) >= 11 is 0. The molecule has 0 aliphatic carbocycles. The first-order valence-electron chi connectivity index (χ1n) is 11.9. The Kier molecular flexibility index (Phi) is 8.56. The van der Waals surface area contributed by atoms with Crippen LogP contribution in [0.15, 0.2) is 108 Å². The molecule has 39 heavy (non-hydrogen) atoms. The Balaban J connectivity index is 1.30. The van der Waals surface area contributed by atoms with Crippen LogP contribution in [0, 0.1) is 6.92 Å². The number of nitrogens with zero attached hydrogens (tertiary/aromatic N) is 1. The van der Waals surface area contributed by atoms with Crippen molar-refractivity contribution in [2.45, 2.75) is 6.92 Å². The molecule has 0 aliphatic rings. The third kappa shape index (κ3) is 7.46. The van der Waals surface area contributed by atoms with E-state index in [1.54, 1.807) is 78.9 Å². The summed E-state index contributed by atoms with van der Waals surface area (Å²) in [5, 5.41) is 8.99. The summed E-state index contributed by atoms with van der Waals surface area (Å²) in [5.41, 5.74) is 5.18. The molecule has 0 radical (unpaired) electrons. The van der Waals surface area contributed by atoms with Crippen LogP contribution in [0.4, 0.5) is 11.4 Å². The first kappa shape index (κ1) is 26.5. The fourth-order valence-corrected chi connectivity index (χ4v) is 3.38. The summed E-state index contributed by atoms with van der Waals surface area (Å²) in [7, 11) is 0. The van der Waals surface area contributed by atoms with E-state index in [0.717, 1.165) is 5.56 Å². The van der Waals surface area contributed by atoms with Crippen LogP contribution in [0.5, 0.6) is 5.75 Å². The predicted molar refractivity (Wildman–Crippen MR) is 148 cm³/mol. The lowest BCUT2D eigenvalue weighted by Gasteiger charge is -2.11. The molecule has 0 aliphatic heterocycles. The third-order valence-corrected chi connectivity index (χ3v) is 5.42. The Morgan fingerprint density at radius 1 is 0.718 bits per heavy atom. The lowest BCUT2D eigenvalue weighted by atomic mass is 10.1. The van der Waals surface area contributed by atoms with E-state index in [-0.39, 0.29) is 11.3 Å². The van der Waals surface area contributed by atoms with E-state index in [9.17, 15) is 19.2 Å². The van der Waals surface area contributed by atoms with E-state index in [2.05, 4.69) is 21.2 Å². The normalized spacial score (nSPS) is 10.5. The SMILES string of the molecule is Cc1ccc(NC(=O)c2ccccc2NC(=O)C(=O)N/N=C/c2ccc(OC(=O)c3ccccc3)cc2)cc1. The van der Waals surface area contributed by atoms with Crippen LogP contribution in [0.25, 0.3) is 0 Å². The highest BCUT2D eigenvalue weighted by molar-refractivity contribution is 6.40. The van der Waals surface area contributed by atoms with Crippen molar-refractivity contribution in [3.05, 3.63) is 125 Å². The lowest BCUT2D eigenvalue weighted by Crippen LogP contribution is -2.33. The largest absolute Gasteiger partial charge is 0.423 e. The van der Waals surface area contributed by atoms with E-state index >= 15 is 0 Å². The number of anilines is 2. The zero-order valence-corrected chi connectivity index (χ0v) is 20.9. The molecule has 0 bridgehead atoms. The molecule has 0 saturated heterocycles. The molecule has 4 aromatic carbocycles. The summed E-state index contributed by atoms with van der Waals surface area (Å²) in [4.78, 5) is 49.5. The van der Waals surface area contributed by atoms with Gasteiger partial charge in [0.15, 0.2) is 0 Å². The van der Waals surface area contributed by atoms with Crippen molar-refractivity contribution < 1.29 is 23.9 Å². The van der Waals surface area contributed by atoms with Gasteiger partial charge in [-0.1, -0.05) is 48.0 Å². The highest BCUT2D eigenvalue weighted by Crippen LogP contribution is 2.18. The number of carbonyl (C=O) groups excluding carboxylic acids is 4. The quantitative estimate of drug-likeness (QED) is 0.108. The van der Waals surface area contributed by atoms with E-state index < -0.39 is 23.7 Å². The molecular formula is C30H24N4O5. The van der Waals surface area contributed by atoms with Gasteiger partial charge in [0.1, 0.15) is 5.75 Å². The topological polar surface area (TPSA) is 126 Å². The minimum atomic E-state index is -1.02. The van der Waals surface area contributed by atoms with Crippen molar-refractivity contribution in [3.8, 4) is 5.75 Å². The summed E-state index contributed by atoms with van der Waals surface area (Å²) in [6, 6.07) is 28.6. The number of hydrogen-bond donors (Lipinski definition) is 3. The monoisotopic (exact) mass is 520 g/mol. The first-order chi connectivity index (χ1) is 18.9. The van der Waals surface area contributed by atoms with Crippen molar-refractivity contribution in [2.75, 3.05) is 10.6 Å². The van der Waals surface area contributed by atoms with Gasteiger partial charge in [-0.25, -0.2) is 10.2 Å². The molecule has 0 saturated carbocycles. The summed E-state index contributed by atoms with van der Waals surface area (Å²) in [5.74, 6) is -2.59. The van der Waals surface area contributed by atoms with Crippen molar-refractivity contribution in [3.63, 3.8) is 0 Å². The number of hydrogen-bond acceptors (Lipinski definition) is 6. The van der Waals surface area contributed by atoms with Crippen LogP contribution < -0.4 is 20.8 Å². The second kappa shape index (κ2) is 12.6. The number of hydrazone groups is 1. The van der Waals surface area contributed by atoms with Gasteiger partial charge in [-0.3, -0.25) is 14.4 Å². The van der Waals surface area contributed by atoms with Crippen molar-refractivity contribution in [1.82, 2.24) is 5.43 Å². The third-order valence-electron chi connectivity index (χ3n) is 5.42. The molecule has 0 spiro atoms. The van der Waals surface area contributed by atoms with Crippen LogP contribution in [0.2, 0.25) is 0 Å². The maximum atomic E-state index is 12.7. The molecule has 3 amide bonds. The van der Waals surface area contributed by atoms with E-state index in [4.69, 9.17) is 4.74 Å². The number of aryl methyl sites for hydroxylation is 1. The van der Waals surface area contributed by atoms with E-state index in [1.165, 1.54) is 18.3 Å². The van der Waals surface area contributed by atoms with Crippen molar-refractivity contribution in [2.24, 2.45) is 5.10 Å². The second-order valence-corrected chi connectivity index (χ2v) is 8.34. The highest BCUT2D eigenvalue weighted by Gasteiger charge is 2.18. The van der Waals surface area contributed by atoms with E-state index in [1.807, 2.05) is 19.1 Å². The molecule has 194 valence electrons. The number of ether oxygens (including phenoxy) is 1. The summed E-state index contributed by atoms with van der Waals surface area (Å²) < 4.78 is 5.32. The smallest absolute Gasteiger partial charge is 0.343 e. The zero-order chi connectivity index (χ0) is 27.6. The molecule has 9 heteroatoms. The molecule has 0 fully saturated rings. The molecule has 0 aromatic heterocycles. The maximum Gasteiger partial charge on any atom is 0.343 e. The van der Waals surface area contributed by atoms with Gasteiger partial charge in [-0.05, 0) is 73.2 Å². The highest BCUT2D eigenvalue weighted by atomic mass is 16.5. The van der Waals surface area contributed by atoms with Crippen molar-refractivity contribution >= 4 is 41.3 Å². The number of para-hydroxylation sites is 1. The fourth-order valence-electron chi connectivity index (χ4n) is 3.38. The molecule has 4 aromatic rings. The predicted octanol–water partition coefficient (Wildman–Crippen LogP) is 4.56. The summed E-state index contributed by atoms with van der Waals surface area (Å²) in [6.45, 7) is 1.94. The zero-order valence-electron chi connectivity index (χ0n) is 20.9. The van der Waals surface area contributed by atoms with Gasteiger partial charge < -0.3 is 15.4 Å². The van der Waals surface area contributed by atoms with Gasteiger partial charge in [0.05, 0.1) is 23.0 Å². The van der Waals surface area contributed by atoms with Gasteiger partial charge in [0.25, 0.3) is 5.91 Å². The number of carbonyl (C=O) groups is 4. The van der Waals surface area contributed by atoms with Crippen LogP contribution in [0.3, 0.4) is 0 Å². The van der Waals surface area contributed by atoms with Crippen LogP contribution in [-0.4, -0.2) is 29.9 Å². The van der Waals surface area contributed by atoms with Gasteiger partial charge >= 0.3 is 17.8 Å². The maximum absolute atomic E-state index is 12.7. The Labute approximate surface area is 224 Å². The van der Waals surface area contributed by atoms with Gasteiger partial charge in [-0.15, -0.1) is 0 Å². The van der Waals surface area contributed by atoms with Crippen LogP contribution >= 0.6 is 0 Å². The summed E-state index contributed by atoms with van der Waals surface area (Å²) in [6.07, 6.45) is 1.33.